The summed E-state index contributed by atoms with van der Waals surface area (Å²) in [5.74, 6) is 0.275. The van der Waals surface area contributed by atoms with Gasteiger partial charge in [-0.2, -0.15) is 0 Å². The Labute approximate surface area is 102 Å². The fraction of sp³-hybridized carbons (Fsp3) is 0.556. The van der Waals surface area contributed by atoms with Crippen molar-refractivity contribution in [1.29, 1.82) is 0 Å². The van der Waals surface area contributed by atoms with Crippen molar-refractivity contribution in [3.63, 3.8) is 0 Å². The van der Waals surface area contributed by atoms with Crippen LogP contribution >= 0.6 is 15.9 Å². The minimum absolute atomic E-state index is 0.0110. The molecule has 1 aliphatic rings. The van der Waals surface area contributed by atoms with E-state index in [1.807, 2.05) is 0 Å². The van der Waals surface area contributed by atoms with Gasteiger partial charge < -0.3 is 5.11 Å². The number of aromatic nitrogens is 2. The van der Waals surface area contributed by atoms with Gasteiger partial charge in [-0.05, 0) is 28.8 Å². The third kappa shape index (κ3) is 2.41. The highest BCUT2D eigenvalue weighted by atomic mass is 79.9. The van der Waals surface area contributed by atoms with Crippen molar-refractivity contribution in [2.24, 2.45) is 0 Å². The molecular formula is C9H11BrN2O3S. The van der Waals surface area contributed by atoms with Gasteiger partial charge in [0.2, 0.25) is 0 Å². The van der Waals surface area contributed by atoms with Crippen LogP contribution in [0.15, 0.2) is 16.9 Å². The normalized spacial score (nSPS) is 22.9. The maximum absolute atomic E-state index is 11.3. The van der Waals surface area contributed by atoms with Crippen LogP contribution in [0.3, 0.4) is 0 Å². The summed E-state index contributed by atoms with van der Waals surface area (Å²) in [5, 5.41) is 10.3. The van der Waals surface area contributed by atoms with E-state index in [1.165, 1.54) is 0 Å². The molecule has 0 spiro atoms. The van der Waals surface area contributed by atoms with E-state index in [9.17, 15) is 13.5 Å². The lowest BCUT2D eigenvalue weighted by molar-refractivity contribution is 0.0173. The maximum Gasteiger partial charge on any atom is 0.160 e. The average Bonchev–Trinajstić information content (AvgIpc) is 2.24. The van der Waals surface area contributed by atoms with Crippen LogP contribution in [0.1, 0.15) is 18.7 Å². The van der Waals surface area contributed by atoms with E-state index in [-0.39, 0.29) is 24.3 Å². The molecule has 2 heterocycles. The molecule has 0 saturated carbocycles. The van der Waals surface area contributed by atoms with Crippen molar-refractivity contribution in [1.82, 2.24) is 9.97 Å². The molecule has 0 radical (unpaired) electrons. The van der Waals surface area contributed by atoms with Crippen molar-refractivity contribution >= 4 is 25.8 Å². The van der Waals surface area contributed by atoms with E-state index in [0.717, 1.165) is 4.47 Å². The summed E-state index contributed by atoms with van der Waals surface area (Å²) in [6.45, 7) is 0. The highest BCUT2D eigenvalue weighted by Crippen LogP contribution is 2.31. The Bertz CT molecular complexity index is 472. The molecule has 1 fully saturated rings. The van der Waals surface area contributed by atoms with Crippen LogP contribution in [-0.4, -0.2) is 35.0 Å². The summed E-state index contributed by atoms with van der Waals surface area (Å²) < 4.78 is 23.3. The van der Waals surface area contributed by atoms with Crippen LogP contribution < -0.4 is 0 Å². The first-order valence-corrected chi connectivity index (χ1v) is 7.44. The number of hydrogen-bond acceptors (Lipinski definition) is 5. The molecule has 0 aliphatic carbocycles. The quantitative estimate of drug-likeness (QED) is 0.823. The zero-order chi connectivity index (χ0) is 11.8. The summed E-state index contributed by atoms with van der Waals surface area (Å²) >= 11 is 3.20. The summed E-state index contributed by atoms with van der Waals surface area (Å²) in [6.07, 6.45) is 3.42. The predicted molar refractivity (Wildman–Crippen MR) is 61.5 cm³/mol. The standard InChI is InChI=1S/C9H11BrN2O3S/c10-7-5-11-8(12-6-7)9(13)1-3-16(14,15)4-2-9/h5-6,13H,1-4H2. The first-order chi connectivity index (χ1) is 7.41. The summed E-state index contributed by atoms with van der Waals surface area (Å²) in [7, 11) is -2.99. The molecule has 7 heteroatoms. The highest BCUT2D eigenvalue weighted by Gasteiger charge is 2.39. The Morgan fingerprint density at radius 1 is 1.25 bits per heavy atom. The SMILES string of the molecule is O=S1(=O)CCC(O)(c2ncc(Br)cn2)CC1. The Morgan fingerprint density at radius 2 is 1.75 bits per heavy atom. The molecule has 5 nitrogen and oxygen atoms in total. The second-order valence-electron chi connectivity index (χ2n) is 3.91. The molecule has 1 aromatic rings. The van der Waals surface area contributed by atoms with Crippen LogP contribution in [0.2, 0.25) is 0 Å². The fourth-order valence-electron chi connectivity index (χ4n) is 1.65. The van der Waals surface area contributed by atoms with Crippen molar-refractivity contribution in [2.45, 2.75) is 18.4 Å². The van der Waals surface area contributed by atoms with E-state index in [1.54, 1.807) is 12.4 Å². The predicted octanol–water partition coefficient (Wildman–Crippen LogP) is 0.635. The summed E-state index contributed by atoms with van der Waals surface area (Å²) in [6, 6.07) is 0. The monoisotopic (exact) mass is 306 g/mol. The molecule has 0 atom stereocenters. The third-order valence-electron chi connectivity index (χ3n) is 2.69. The first-order valence-electron chi connectivity index (χ1n) is 4.82. The molecule has 0 unspecified atom stereocenters. The molecular weight excluding hydrogens is 296 g/mol. The Kier molecular flexibility index (Phi) is 3.02. The van der Waals surface area contributed by atoms with E-state index in [0.29, 0.717) is 5.82 Å². The van der Waals surface area contributed by atoms with Gasteiger partial charge in [-0.3, -0.25) is 0 Å². The van der Waals surface area contributed by atoms with Gasteiger partial charge in [0.25, 0.3) is 0 Å². The lowest BCUT2D eigenvalue weighted by Crippen LogP contribution is -2.38. The minimum atomic E-state index is -2.99. The second kappa shape index (κ2) is 4.05. The van der Waals surface area contributed by atoms with E-state index in [4.69, 9.17) is 0 Å². The minimum Gasteiger partial charge on any atom is -0.382 e. The largest absolute Gasteiger partial charge is 0.382 e. The van der Waals surface area contributed by atoms with Crippen LogP contribution in [0.25, 0.3) is 0 Å². The van der Waals surface area contributed by atoms with E-state index < -0.39 is 15.4 Å². The van der Waals surface area contributed by atoms with Crippen molar-refractivity contribution in [3.05, 3.63) is 22.7 Å². The molecule has 88 valence electrons. The third-order valence-corrected chi connectivity index (χ3v) is 4.75. The van der Waals surface area contributed by atoms with Gasteiger partial charge in [-0.1, -0.05) is 0 Å². The van der Waals surface area contributed by atoms with Crippen molar-refractivity contribution in [3.8, 4) is 0 Å². The van der Waals surface area contributed by atoms with Gasteiger partial charge in [0.1, 0.15) is 5.60 Å². The average molecular weight is 307 g/mol. The number of hydrogen-bond donors (Lipinski definition) is 1. The Balaban J connectivity index is 2.24. The zero-order valence-electron chi connectivity index (χ0n) is 8.43. The van der Waals surface area contributed by atoms with Gasteiger partial charge in [0.15, 0.2) is 15.7 Å². The number of sulfone groups is 1. The fourth-order valence-corrected chi connectivity index (χ4v) is 3.36. The lowest BCUT2D eigenvalue weighted by Gasteiger charge is -2.30. The molecule has 0 aromatic carbocycles. The molecule has 0 bridgehead atoms. The van der Waals surface area contributed by atoms with E-state index >= 15 is 0 Å². The summed E-state index contributed by atoms with van der Waals surface area (Å²) in [5.41, 5.74) is -1.20. The van der Waals surface area contributed by atoms with Gasteiger partial charge in [-0.25, -0.2) is 18.4 Å². The lowest BCUT2D eigenvalue weighted by atomic mass is 9.96. The molecule has 16 heavy (non-hydrogen) atoms. The molecule has 0 amide bonds. The van der Waals surface area contributed by atoms with Crippen molar-refractivity contribution in [2.75, 3.05) is 11.5 Å². The first kappa shape index (κ1) is 11.9. The number of aliphatic hydroxyl groups is 1. The number of rotatable bonds is 1. The smallest absolute Gasteiger partial charge is 0.160 e. The zero-order valence-corrected chi connectivity index (χ0v) is 10.8. The maximum atomic E-state index is 11.3. The molecule has 1 N–H and O–H groups in total. The van der Waals surface area contributed by atoms with Gasteiger partial charge in [0.05, 0.1) is 16.0 Å². The Morgan fingerprint density at radius 3 is 2.25 bits per heavy atom. The van der Waals surface area contributed by atoms with Gasteiger partial charge >= 0.3 is 0 Å². The van der Waals surface area contributed by atoms with Crippen molar-refractivity contribution < 1.29 is 13.5 Å². The van der Waals surface area contributed by atoms with Crippen LogP contribution in [0.4, 0.5) is 0 Å². The number of halogens is 1. The topological polar surface area (TPSA) is 80.2 Å². The highest BCUT2D eigenvalue weighted by molar-refractivity contribution is 9.10. The molecule has 1 aliphatic heterocycles. The second-order valence-corrected chi connectivity index (χ2v) is 7.13. The molecule has 1 aromatic heterocycles. The summed E-state index contributed by atoms with van der Waals surface area (Å²) in [4.78, 5) is 8.04. The van der Waals surface area contributed by atoms with Crippen LogP contribution in [-0.2, 0) is 15.4 Å². The van der Waals surface area contributed by atoms with E-state index in [2.05, 4.69) is 25.9 Å². The van der Waals surface area contributed by atoms with Crippen LogP contribution in [0.5, 0.6) is 0 Å². The Hall–Kier alpha value is -0.530. The molecule has 1 saturated heterocycles. The van der Waals surface area contributed by atoms with Gasteiger partial charge in [-0.15, -0.1) is 0 Å². The van der Waals surface area contributed by atoms with Gasteiger partial charge in [0, 0.05) is 12.4 Å². The molecule has 2 rings (SSSR count). The van der Waals surface area contributed by atoms with Crippen LogP contribution in [0, 0.1) is 0 Å². The number of nitrogens with zero attached hydrogens (tertiary/aromatic N) is 2.